The Hall–Kier alpha value is -10.3. The van der Waals surface area contributed by atoms with Crippen LogP contribution in [0.4, 0.5) is 4.39 Å². The first kappa shape index (κ1) is 72.5. The number of hydrogen-bond acceptors (Lipinski definition) is 16. The first-order valence-corrected chi connectivity index (χ1v) is 33.6. The van der Waals surface area contributed by atoms with Crippen LogP contribution in [0.1, 0.15) is 86.3 Å². The van der Waals surface area contributed by atoms with E-state index in [-0.39, 0.29) is 97.2 Å². The van der Waals surface area contributed by atoms with Gasteiger partial charge in [-0.15, -0.1) is 0 Å². The summed E-state index contributed by atoms with van der Waals surface area (Å²) in [5.41, 5.74) is 8.40. The second kappa shape index (κ2) is 32.6. The van der Waals surface area contributed by atoms with Crippen LogP contribution in [0.5, 0.6) is 11.5 Å². The molecule has 0 saturated carbocycles. The number of benzene rings is 4. The minimum Gasteiger partial charge on any atom is -0.497 e. The number of hydrogen-bond donors (Lipinski definition) is 11. The maximum Gasteiger partial charge on any atom is 0.246 e. The zero-order chi connectivity index (χ0) is 71.4. The lowest BCUT2D eigenvalue weighted by Gasteiger charge is -2.37. The van der Waals surface area contributed by atoms with Crippen LogP contribution < -0.4 is 63.1 Å². The molecule has 0 aliphatic carbocycles. The van der Waals surface area contributed by atoms with E-state index in [1.807, 2.05) is 0 Å². The number of nitrogens with two attached hydrogens (primary N) is 1. The van der Waals surface area contributed by atoms with Gasteiger partial charge in [-0.25, -0.2) is 4.39 Å². The number of aliphatic hydroxyl groups is 1. The average Bonchev–Trinajstić information content (AvgIpc) is 1.59. The Kier molecular flexibility index (Phi) is 23.6. The van der Waals surface area contributed by atoms with Crippen LogP contribution in [0, 0.1) is 5.82 Å². The number of fused-ring (bicyclic) bond motifs is 10. The highest BCUT2D eigenvalue weighted by Crippen LogP contribution is 2.32. The van der Waals surface area contributed by atoms with Gasteiger partial charge in [0.1, 0.15) is 78.4 Å². The Bertz CT molecular complexity index is 3960. The van der Waals surface area contributed by atoms with E-state index in [9.17, 15) is 33.9 Å². The van der Waals surface area contributed by atoms with Crippen LogP contribution in [0.15, 0.2) is 103 Å². The van der Waals surface area contributed by atoms with E-state index in [1.165, 1.54) is 38.0 Å². The average molecular weight is 1380 g/mol. The maximum absolute atomic E-state index is 16.0. The maximum atomic E-state index is 16.0. The normalized spacial score (nSPS) is 26.2. The Morgan fingerprint density at radius 1 is 0.700 bits per heavy atom. The number of carbonyl (C=O) groups is 11. The molecule has 6 heterocycles. The van der Waals surface area contributed by atoms with Crippen molar-refractivity contribution in [2.75, 3.05) is 46.5 Å². The number of nitrogens with zero attached hydrogens (tertiary/aromatic N) is 3. The molecule has 532 valence electrons. The number of nitrogens with one attached hydrogen (secondary N) is 9. The largest absolute Gasteiger partial charge is 0.497 e. The van der Waals surface area contributed by atoms with E-state index >= 15 is 28.4 Å². The van der Waals surface area contributed by atoms with Crippen LogP contribution in [0.3, 0.4) is 0 Å². The summed E-state index contributed by atoms with van der Waals surface area (Å²) < 4.78 is 35.5. The molecular formula is C71H86FN13O15. The number of ether oxygens (including phenoxy) is 3. The number of aromatic nitrogens is 1. The molecule has 10 rings (SSSR count). The highest BCUT2D eigenvalue weighted by atomic mass is 19.1. The molecule has 28 nitrogen and oxygen atoms in total. The summed E-state index contributed by atoms with van der Waals surface area (Å²) in [5, 5.41) is 36.5. The summed E-state index contributed by atoms with van der Waals surface area (Å²) in [7, 11) is 1.49. The van der Waals surface area contributed by atoms with Crippen molar-refractivity contribution in [3.63, 3.8) is 0 Å². The molecule has 11 amide bonds. The van der Waals surface area contributed by atoms with Gasteiger partial charge in [0.15, 0.2) is 0 Å². The summed E-state index contributed by atoms with van der Waals surface area (Å²) in [4.78, 5) is 163. The van der Waals surface area contributed by atoms with Gasteiger partial charge >= 0.3 is 0 Å². The highest BCUT2D eigenvalue weighted by Gasteiger charge is 2.50. The molecule has 0 radical (unpaired) electrons. The van der Waals surface area contributed by atoms with Crippen molar-refractivity contribution in [3.8, 4) is 11.5 Å². The van der Waals surface area contributed by atoms with Crippen LogP contribution in [0.2, 0.25) is 0 Å². The summed E-state index contributed by atoms with van der Waals surface area (Å²) in [6, 6.07) is 11.8. The molecule has 10 atom stereocenters. The molecule has 11 bridgehead atoms. The predicted molar refractivity (Wildman–Crippen MR) is 360 cm³/mol. The molecule has 2 fully saturated rings. The molecule has 5 aromatic rings. The van der Waals surface area contributed by atoms with Gasteiger partial charge in [-0.05, 0) is 117 Å². The molecule has 5 aliphatic rings. The number of aliphatic hydroxyl groups excluding tert-OH is 1. The van der Waals surface area contributed by atoms with E-state index in [0.717, 1.165) is 10.5 Å². The summed E-state index contributed by atoms with van der Waals surface area (Å²) >= 11 is 0. The van der Waals surface area contributed by atoms with Crippen molar-refractivity contribution in [1.82, 2.24) is 62.2 Å². The number of amides is 11. The standard InChI is InChI=1S/C71H86FN13O15/c1-40-63(90)81-54(35-73)65(92)78-51-31-44-9-7-10-45(29-44)36-75-60(89)39-100-56-22-27-84-62(56)67(94)82-61(41(2)86)66(93)80-52(30-42-12-16-49(98-4)17-13-42)69(96)85-26-8-23-71(85,3)70(97)74-24-21-43-11-14-46(37-76-58(87)19-20-59(88)77-40)57(32-43)99-28-6-5-25-83-38-47(33-53(68(84)95)79-64(51)91)50-34-48(72)15-18-55(50)83/h5-7,9-18,29,32,34,38,40-41,51-54,56,61-62,86H,8,19-28,30-31,33,35-37,39,73H2,1-4H3,(H,74,97)(H,75,89)(H,76,87)(H,77,88)(H,78,92)(H,79,91)(H,80,93)(H,81,90)(H,82,94)/b6-5+/t40-,41-,51-,52+,53-,54+,56?,61-,62+,71+/m0/s1. The summed E-state index contributed by atoms with van der Waals surface area (Å²) in [6.07, 6.45) is 1.67. The topological polar surface area (TPSA) is 381 Å². The molecule has 0 spiro atoms. The van der Waals surface area contributed by atoms with Crippen molar-refractivity contribution < 1.29 is 76.4 Å². The van der Waals surface area contributed by atoms with Crippen molar-refractivity contribution >= 4 is 75.9 Å². The van der Waals surface area contributed by atoms with Gasteiger partial charge in [-0.2, -0.15) is 0 Å². The Morgan fingerprint density at radius 3 is 2.22 bits per heavy atom. The highest BCUT2D eigenvalue weighted by molar-refractivity contribution is 6.00. The molecule has 29 heteroatoms. The Labute approximate surface area is 576 Å². The lowest BCUT2D eigenvalue weighted by Crippen LogP contribution is -2.64. The minimum absolute atomic E-state index is 0.00948. The monoisotopic (exact) mass is 1380 g/mol. The predicted octanol–water partition coefficient (Wildman–Crippen LogP) is -0.200. The van der Waals surface area contributed by atoms with Crippen molar-refractivity contribution in [2.45, 2.75) is 158 Å². The van der Waals surface area contributed by atoms with Crippen molar-refractivity contribution in [3.05, 3.63) is 142 Å². The third kappa shape index (κ3) is 17.6. The third-order valence-electron chi connectivity index (χ3n) is 18.8. The number of methoxy groups -OCH3 is 1. The number of allylic oxidation sites excluding steroid dienone is 1. The lowest BCUT2D eigenvalue weighted by atomic mass is 9.95. The molecule has 1 unspecified atom stereocenters. The number of rotatable bonds is 5. The molecule has 4 aromatic carbocycles. The lowest BCUT2D eigenvalue weighted by molar-refractivity contribution is -0.148. The Balaban J connectivity index is 1.10. The van der Waals surface area contributed by atoms with E-state index in [2.05, 4.69) is 47.9 Å². The molecular weight excluding hydrogens is 1290 g/mol. The van der Waals surface area contributed by atoms with Gasteiger partial charge in [-0.3, -0.25) is 52.7 Å². The van der Waals surface area contributed by atoms with Gasteiger partial charge in [0.25, 0.3) is 0 Å². The van der Waals surface area contributed by atoms with Crippen molar-refractivity contribution in [1.29, 1.82) is 0 Å². The van der Waals surface area contributed by atoms with Crippen LogP contribution in [-0.2, 0) is 103 Å². The van der Waals surface area contributed by atoms with Crippen LogP contribution in [0.25, 0.3) is 10.9 Å². The second-order valence-corrected chi connectivity index (χ2v) is 26.0. The smallest absolute Gasteiger partial charge is 0.246 e. The quantitative estimate of drug-likeness (QED) is 0.102. The van der Waals surface area contributed by atoms with E-state index in [0.29, 0.717) is 56.6 Å². The number of carbonyl (C=O) groups excluding carboxylic acids is 11. The molecule has 2 saturated heterocycles. The van der Waals surface area contributed by atoms with E-state index in [1.54, 1.807) is 103 Å². The zero-order valence-corrected chi connectivity index (χ0v) is 56.2. The fraction of sp³-hybridized carbons (Fsp3) is 0.451. The molecule has 1 aromatic heterocycles. The third-order valence-corrected chi connectivity index (χ3v) is 18.8. The molecule has 12 N–H and O–H groups in total. The van der Waals surface area contributed by atoms with Gasteiger partial charge in [0.05, 0.1) is 19.3 Å². The van der Waals surface area contributed by atoms with E-state index < -0.39 is 144 Å². The van der Waals surface area contributed by atoms with Gasteiger partial charge in [0.2, 0.25) is 65.0 Å². The second-order valence-electron chi connectivity index (χ2n) is 26.0. The van der Waals surface area contributed by atoms with Gasteiger partial charge < -0.3 is 87.3 Å². The first-order valence-electron chi connectivity index (χ1n) is 33.6. The SMILES string of the molecule is COc1ccc(C[C@H]2NC(=O)[C@H]([C@H](C)O)NC(=O)[C@H]3C4CCN3C(=O)[C@@H]3Cc5cn(c6ccc(F)cc56)C/C=C/COc5cc(ccc5CNC(=O)CCC(=O)N[C@@H](C)C(=O)N[C@H](CN)C(=O)N[C@@H](Cc5cccc(c5)CNC(=O)CO4)C(=O)N3)CCNC(=O)[C@@]3(C)CCCN3C2=O)cc1. The van der Waals surface area contributed by atoms with E-state index in [4.69, 9.17) is 19.9 Å². The summed E-state index contributed by atoms with van der Waals surface area (Å²) in [6.45, 7) is 3.10. The Morgan fingerprint density at radius 2 is 1.45 bits per heavy atom. The minimum atomic E-state index is -1.85. The summed E-state index contributed by atoms with van der Waals surface area (Å²) in [5.74, 6) is -8.43. The first-order chi connectivity index (χ1) is 48.0. The number of halogens is 1. The van der Waals surface area contributed by atoms with Gasteiger partial charge in [0, 0.05) is 101 Å². The zero-order valence-electron chi connectivity index (χ0n) is 56.2. The fourth-order valence-electron chi connectivity index (χ4n) is 13.3. The van der Waals surface area contributed by atoms with Crippen molar-refractivity contribution in [2.24, 2.45) is 5.73 Å². The van der Waals surface area contributed by atoms with Crippen LogP contribution >= 0.6 is 0 Å². The van der Waals surface area contributed by atoms with Crippen LogP contribution in [-0.4, -0.2) is 191 Å². The molecule has 5 aliphatic heterocycles. The fourth-order valence-corrected chi connectivity index (χ4v) is 13.3. The van der Waals surface area contributed by atoms with Gasteiger partial charge in [-0.1, -0.05) is 54.6 Å². The molecule has 100 heavy (non-hydrogen) atoms.